The monoisotopic (exact) mass is 996 g/mol. The van der Waals surface area contributed by atoms with Gasteiger partial charge in [-0.2, -0.15) is 0 Å². The molecule has 1 aliphatic heterocycles. The summed E-state index contributed by atoms with van der Waals surface area (Å²) in [7, 11) is 0. The number of ether oxygens (including phenoxy) is 6. The molecule has 1 aliphatic rings. The maximum atomic E-state index is 12.8. The highest BCUT2D eigenvalue weighted by atomic mass is 16.7. The molecule has 0 saturated carbocycles. The Morgan fingerprint density at radius 3 is 1.70 bits per heavy atom. The van der Waals surface area contributed by atoms with Crippen molar-refractivity contribution >= 4 is 35.3 Å². The molecule has 1 heterocycles. The van der Waals surface area contributed by atoms with Crippen LogP contribution in [0.1, 0.15) is 130 Å². The summed E-state index contributed by atoms with van der Waals surface area (Å²) in [5, 5.41) is 72.9. The van der Waals surface area contributed by atoms with E-state index in [0.29, 0.717) is 58.0 Å². The second kappa shape index (κ2) is 39.2. The smallest absolute Gasteiger partial charge is 0.222 e. The van der Waals surface area contributed by atoms with Crippen LogP contribution >= 0.6 is 0 Å². The molecule has 402 valence electrons. The third-order valence-corrected chi connectivity index (χ3v) is 10.9. The molecule has 10 unspecified atom stereocenters. The Balaban J connectivity index is 2.38. The number of carbonyl (C=O) groups is 6. The van der Waals surface area contributed by atoms with Gasteiger partial charge in [-0.25, -0.2) is 0 Å². The molecule has 23 heteroatoms. The average Bonchev–Trinajstić information content (AvgIpc) is 3.29. The molecule has 10 atom stereocenters. The Bertz CT molecular complexity index is 1430. The number of unbranched alkanes of at least 4 members (excludes halogenated alkanes) is 9. The molecule has 0 bridgehead atoms. The summed E-state index contributed by atoms with van der Waals surface area (Å²) in [6.45, 7) is 6.12. The summed E-state index contributed by atoms with van der Waals surface area (Å²) in [5.41, 5.74) is 0. The first-order chi connectivity index (χ1) is 33.0. The summed E-state index contributed by atoms with van der Waals surface area (Å²) in [5.74, 6) is -1.38. The number of hydrogen-bond donors (Lipinski definition) is 11. The minimum absolute atomic E-state index is 0.0855. The van der Waals surface area contributed by atoms with Gasteiger partial charge in [0, 0.05) is 65.8 Å². The van der Waals surface area contributed by atoms with E-state index in [1.54, 1.807) is 6.92 Å². The van der Waals surface area contributed by atoms with Crippen LogP contribution in [0.2, 0.25) is 0 Å². The lowest BCUT2D eigenvalue weighted by Crippen LogP contribution is -2.64. The van der Waals surface area contributed by atoms with Gasteiger partial charge in [0.05, 0.1) is 51.8 Å². The lowest BCUT2D eigenvalue weighted by molar-refractivity contribution is -0.270. The van der Waals surface area contributed by atoms with Crippen molar-refractivity contribution < 1.29 is 87.8 Å². The molecule has 69 heavy (non-hydrogen) atoms. The van der Waals surface area contributed by atoms with Crippen LogP contribution in [0, 0.1) is 0 Å². The van der Waals surface area contributed by atoms with Crippen molar-refractivity contribution in [1.82, 2.24) is 26.6 Å². The third kappa shape index (κ3) is 31.5. The number of Topliss-reactive ketones (excluding diaryl/α,β-unsaturated/α-hetero) is 1. The van der Waals surface area contributed by atoms with E-state index in [0.717, 1.165) is 44.9 Å². The largest absolute Gasteiger partial charge is 0.394 e. The molecular weight excluding hydrogens is 911 g/mol. The van der Waals surface area contributed by atoms with E-state index in [1.807, 2.05) is 0 Å². The van der Waals surface area contributed by atoms with E-state index in [9.17, 15) is 59.4 Å². The number of ketones is 1. The third-order valence-electron chi connectivity index (χ3n) is 10.9. The number of aliphatic hydroxyl groups is 6. The fourth-order valence-electron chi connectivity index (χ4n) is 6.99. The Kier molecular flexibility index (Phi) is 36.1. The van der Waals surface area contributed by atoms with Crippen molar-refractivity contribution in [3.05, 3.63) is 0 Å². The molecule has 0 radical (unpaired) electrons. The Hall–Kier alpha value is -3.46. The first-order valence-corrected chi connectivity index (χ1v) is 24.5. The summed E-state index contributed by atoms with van der Waals surface area (Å²) in [6.07, 6.45) is 0.0802. The van der Waals surface area contributed by atoms with Crippen LogP contribution in [0.3, 0.4) is 0 Å². The van der Waals surface area contributed by atoms with Crippen molar-refractivity contribution in [1.29, 1.82) is 0 Å². The summed E-state index contributed by atoms with van der Waals surface area (Å²) >= 11 is 0. The van der Waals surface area contributed by atoms with Crippen LogP contribution in [0.5, 0.6) is 0 Å². The molecule has 0 aromatic heterocycles. The van der Waals surface area contributed by atoms with Gasteiger partial charge in [0.2, 0.25) is 35.8 Å². The van der Waals surface area contributed by atoms with E-state index in [2.05, 4.69) is 26.6 Å². The topological polar surface area (TPSA) is 339 Å². The standard InChI is InChI=1S/C46H85N5O18/c1-31(54)17-11-5-6-12-18-40(60)51-35(30-65-26-20-39(59)48-22-14-8-10-16-24-67-46(44(63)50-34(4)57)68-36(27-52)32(2)55)29-64-25-19-38(58)47-21-13-7-9-15-23-66-45-41(49-33(3)56)43(62)42(61)37(28-53)69-45/h32,35-37,41-46,52-53,55,61-63H,5-30H2,1-4H3,(H,47,58)(H,48,59)(H,49,56)(H,50,57)(H,51,60). The number of carbonyl (C=O) groups excluding carboxylic acids is 6. The maximum Gasteiger partial charge on any atom is 0.222 e. The molecule has 23 nitrogen and oxygen atoms in total. The predicted octanol–water partition coefficient (Wildman–Crippen LogP) is -0.917. The van der Waals surface area contributed by atoms with E-state index >= 15 is 0 Å². The van der Waals surface area contributed by atoms with Gasteiger partial charge < -0.3 is 90.4 Å². The van der Waals surface area contributed by atoms with Crippen molar-refractivity contribution in [3.63, 3.8) is 0 Å². The van der Waals surface area contributed by atoms with Crippen LogP contribution in [0.25, 0.3) is 0 Å². The first-order valence-electron chi connectivity index (χ1n) is 24.5. The van der Waals surface area contributed by atoms with Gasteiger partial charge in [0.1, 0.15) is 36.2 Å². The zero-order valence-corrected chi connectivity index (χ0v) is 41.2. The van der Waals surface area contributed by atoms with Crippen molar-refractivity contribution in [3.8, 4) is 0 Å². The number of rotatable bonds is 42. The van der Waals surface area contributed by atoms with Crippen LogP contribution in [-0.2, 0) is 57.2 Å². The van der Waals surface area contributed by atoms with Crippen LogP contribution in [0.15, 0.2) is 0 Å². The van der Waals surface area contributed by atoms with E-state index < -0.39 is 86.4 Å². The van der Waals surface area contributed by atoms with E-state index in [-0.39, 0.29) is 76.0 Å². The number of hydrogen-bond acceptors (Lipinski definition) is 18. The highest BCUT2D eigenvalue weighted by Crippen LogP contribution is 2.23. The molecule has 0 spiro atoms. The molecule has 1 saturated heterocycles. The minimum Gasteiger partial charge on any atom is -0.394 e. The van der Waals surface area contributed by atoms with Crippen molar-refractivity contribution in [2.45, 2.75) is 192 Å². The average molecular weight is 996 g/mol. The first kappa shape index (κ1) is 63.6. The van der Waals surface area contributed by atoms with E-state index in [4.69, 9.17) is 28.4 Å². The van der Waals surface area contributed by atoms with E-state index in [1.165, 1.54) is 20.8 Å². The molecule has 0 aliphatic carbocycles. The van der Waals surface area contributed by atoms with Crippen molar-refractivity contribution in [2.24, 2.45) is 0 Å². The number of nitrogens with one attached hydrogen (secondary N) is 5. The minimum atomic E-state index is -1.50. The lowest BCUT2D eigenvalue weighted by Gasteiger charge is -2.42. The van der Waals surface area contributed by atoms with Crippen LogP contribution < -0.4 is 26.6 Å². The van der Waals surface area contributed by atoms with Gasteiger partial charge >= 0.3 is 0 Å². The quantitative estimate of drug-likeness (QED) is 0.0260. The van der Waals surface area contributed by atoms with Gasteiger partial charge in [0.15, 0.2) is 12.5 Å². The second-order valence-corrected chi connectivity index (χ2v) is 17.3. The predicted molar refractivity (Wildman–Crippen MR) is 249 cm³/mol. The summed E-state index contributed by atoms with van der Waals surface area (Å²) in [4.78, 5) is 71.8. The maximum absolute atomic E-state index is 12.8. The Morgan fingerprint density at radius 2 is 1.17 bits per heavy atom. The highest BCUT2D eigenvalue weighted by molar-refractivity contribution is 5.77. The Morgan fingerprint density at radius 1 is 0.623 bits per heavy atom. The normalized spacial score (nSPS) is 20.2. The van der Waals surface area contributed by atoms with Gasteiger partial charge in [-0.05, 0) is 52.4 Å². The molecule has 0 aromatic carbocycles. The molecule has 0 aromatic rings. The number of aliphatic hydroxyl groups excluding tert-OH is 6. The molecule has 5 amide bonds. The fourth-order valence-corrected chi connectivity index (χ4v) is 6.99. The molecule has 1 rings (SSSR count). The fraction of sp³-hybridized carbons (Fsp3) is 0.870. The van der Waals surface area contributed by atoms with Gasteiger partial charge in [-0.1, -0.05) is 38.5 Å². The molecular formula is C46H85N5O18. The van der Waals surface area contributed by atoms with Gasteiger partial charge in [-0.15, -0.1) is 0 Å². The van der Waals surface area contributed by atoms with Crippen molar-refractivity contribution in [2.75, 3.05) is 65.9 Å². The van der Waals surface area contributed by atoms with Gasteiger partial charge in [-0.3, -0.25) is 24.0 Å². The summed E-state index contributed by atoms with van der Waals surface area (Å²) < 4.78 is 33.8. The molecule has 11 N–H and O–H groups in total. The summed E-state index contributed by atoms with van der Waals surface area (Å²) in [6, 6.07) is -1.52. The highest BCUT2D eigenvalue weighted by Gasteiger charge is 2.45. The number of amides is 5. The lowest BCUT2D eigenvalue weighted by atomic mass is 9.97. The zero-order chi connectivity index (χ0) is 51.4. The van der Waals surface area contributed by atoms with Gasteiger partial charge in [0.25, 0.3) is 0 Å². The Labute approximate surface area is 406 Å². The molecule has 1 fully saturated rings. The van der Waals surface area contributed by atoms with Crippen LogP contribution in [-0.4, -0.2) is 193 Å². The van der Waals surface area contributed by atoms with Crippen LogP contribution in [0.4, 0.5) is 0 Å². The second-order valence-electron chi connectivity index (χ2n) is 17.3. The zero-order valence-electron chi connectivity index (χ0n) is 41.2. The SMILES string of the molecule is CC(=O)CCCCCCC(=O)NC(COCCC(=O)NCCCCCCOC(OC(CO)C(C)O)C(O)NC(C)=O)COCCC(=O)NCCCCCCOC1OC(CO)C(O)C(O)C1NC(C)=O.